The molecule has 5 nitrogen and oxygen atoms in total. The van der Waals surface area contributed by atoms with Gasteiger partial charge < -0.3 is 9.32 Å². The fourth-order valence-corrected chi connectivity index (χ4v) is 3.82. The number of nitrogens with zero attached hydrogens (tertiary/aromatic N) is 3. The predicted octanol–water partition coefficient (Wildman–Crippen LogP) is 4.38. The monoisotopic (exact) mass is 389 g/mol. The second-order valence-corrected chi connectivity index (χ2v) is 7.55. The van der Waals surface area contributed by atoms with E-state index in [1.807, 2.05) is 49.9 Å². The molecule has 1 aliphatic heterocycles. The first-order valence-corrected chi connectivity index (χ1v) is 10.1. The standard InChI is InChI=1S/C21H28ClN3O2/c1-4-25(5-2)21(26)17-7-6-12-24(13-17)14-19-15(3)27-20(23-19)16-8-10-18(22)11-9-16/h8-11,17H,4-7,12-14H2,1-3H3/t17-/m1/s1. The molecule has 1 saturated heterocycles. The summed E-state index contributed by atoms with van der Waals surface area (Å²) in [5, 5.41) is 0.694. The van der Waals surface area contributed by atoms with E-state index in [1.165, 1.54) is 0 Å². The number of benzene rings is 1. The van der Waals surface area contributed by atoms with Gasteiger partial charge in [-0.25, -0.2) is 4.98 Å². The van der Waals surface area contributed by atoms with Crippen LogP contribution in [-0.4, -0.2) is 46.9 Å². The van der Waals surface area contributed by atoms with Crippen LogP contribution in [0.5, 0.6) is 0 Å². The Kier molecular flexibility index (Phi) is 6.55. The Morgan fingerprint density at radius 2 is 2.00 bits per heavy atom. The van der Waals surface area contributed by atoms with Gasteiger partial charge in [-0.3, -0.25) is 9.69 Å². The van der Waals surface area contributed by atoms with Crippen LogP contribution < -0.4 is 0 Å². The molecule has 0 unspecified atom stereocenters. The maximum atomic E-state index is 12.7. The lowest BCUT2D eigenvalue weighted by Crippen LogP contribution is -2.44. The van der Waals surface area contributed by atoms with E-state index in [4.69, 9.17) is 21.0 Å². The molecule has 1 atom stereocenters. The molecule has 0 bridgehead atoms. The fraction of sp³-hybridized carbons (Fsp3) is 0.524. The second kappa shape index (κ2) is 8.89. The van der Waals surface area contributed by atoms with Crippen molar-refractivity contribution in [3.63, 3.8) is 0 Å². The maximum absolute atomic E-state index is 12.7. The third-order valence-electron chi connectivity index (χ3n) is 5.29. The highest BCUT2D eigenvalue weighted by molar-refractivity contribution is 6.30. The predicted molar refractivity (Wildman–Crippen MR) is 108 cm³/mol. The number of aryl methyl sites for hydroxylation is 1. The molecule has 3 rings (SSSR count). The summed E-state index contributed by atoms with van der Waals surface area (Å²) in [4.78, 5) is 21.7. The molecule has 1 fully saturated rings. The first-order valence-electron chi connectivity index (χ1n) is 9.75. The Labute approximate surface area is 166 Å². The fourth-order valence-electron chi connectivity index (χ4n) is 3.70. The molecule has 1 aromatic heterocycles. The van der Waals surface area contributed by atoms with E-state index in [1.54, 1.807) is 0 Å². The van der Waals surface area contributed by atoms with Crippen molar-refractivity contribution in [1.82, 2.24) is 14.8 Å². The Hall–Kier alpha value is -1.85. The third kappa shape index (κ3) is 4.71. The van der Waals surface area contributed by atoms with Crippen LogP contribution in [-0.2, 0) is 11.3 Å². The summed E-state index contributed by atoms with van der Waals surface area (Å²) in [7, 11) is 0. The zero-order valence-electron chi connectivity index (χ0n) is 16.4. The van der Waals surface area contributed by atoms with Crippen LogP contribution in [0.1, 0.15) is 38.1 Å². The average Bonchev–Trinajstić information content (AvgIpc) is 3.04. The van der Waals surface area contributed by atoms with Crippen molar-refractivity contribution < 1.29 is 9.21 Å². The topological polar surface area (TPSA) is 49.6 Å². The van der Waals surface area contributed by atoms with Crippen LogP contribution in [0.4, 0.5) is 0 Å². The molecule has 0 aliphatic carbocycles. The van der Waals surface area contributed by atoms with Gasteiger partial charge in [-0.2, -0.15) is 0 Å². The van der Waals surface area contributed by atoms with Gasteiger partial charge in [0.05, 0.1) is 11.6 Å². The molecule has 2 heterocycles. The van der Waals surface area contributed by atoms with Crippen molar-refractivity contribution in [3.8, 4) is 11.5 Å². The molecule has 0 spiro atoms. The van der Waals surface area contributed by atoms with E-state index in [0.717, 1.165) is 56.0 Å². The number of carbonyl (C=O) groups excluding carboxylic acids is 1. The van der Waals surface area contributed by atoms with Crippen LogP contribution in [0.2, 0.25) is 5.02 Å². The largest absolute Gasteiger partial charge is 0.441 e. The summed E-state index contributed by atoms with van der Waals surface area (Å²) in [6, 6.07) is 7.50. The lowest BCUT2D eigenvalue weighted by molar-refractivity contribution is -0.137. The highest BCUT2D eigenvalue weighted by Gasteiger charge is 2.29. The maximum Gasteiger partial charge on any atom is 0.226 e. The van der Waals surface area contributed by atoms with Gasteiger partial charge in [0.1, 0.15) is 5.76 Å². The normalized spacial score (nSPS) is 17.9. The van der Waals surface area contributed by atoms with Crippen LogP contribution in [0.15, 0.2) is 28.7 Å². The van der Waals surface area contributed by atoms with Gasteiger partial charge in [-0.15, -0.1) is 0 Å². The molecule has 0 saturated carbocycles. The molecule has 1 aromatic carbocycles. The number of halogens is 1. The zero-order chi connectivity index (χ0) is 19.4. The number of hydrogen-bond donors (Lipinski definition) is 0. The highest BCUT2D eigenvalue weighted by Crippen LogP contribution is 2.26. The molecule has 6 heteroatoms. The van der Waals surface area contributed by atoms with Crippen molar-refractivity contribution in [1.29, 1.82) is 0 Å². The van der Waals surface area contributed by atoms with Crippen molar-refractivity contribution >= 4 is 17.5 Å². The molecule has 2 aromatic rings. The van der Waals surface area contributed by atoms with Crippen LogP contribution in [0.3, 0.4) is 0 Å². The average molecular weight is 390 g/mol. The molecule has 27 heavy (non-hydrogen) atoms. The molecule has 0 radical (unpaired) electrons. The first-order chi connectivity index (χ1) is 13.0. The van der Waals surface area contributed by atoms with Gasteiger partial charge in [-0.1, -0.05) is 11.6 Å². The van der Waals surface area contributed by atoms with Crippen LogP contribution in [0.25, 0.3) is 11.5 Å². The van der Waals surface area contributed by atoms with Crippen LogP contribution >= 0.6 is 11.6 Å². The summed E-state index contributed by atoms with van der Waals surface area (Å²) < 4.78 is 5.87. The van der Waals surface area contributed by atoms with Gasteiger partial charge in [0.2, 0.25) is 11.8 Å². The van der Waals surface area contributed by atoms with E-state index in [-0.39, 0.29) is 11.8 Å². The van der Waals surface area contributed by atoms with Gasteiger partial charge in [0.25, 0.3) is 0 Å². The summed E-state index contributed by atoms with van der Waals surface area (Å²) >= 11 is 5.96. The number of piperidine rings is 1. The van der Waals surface area contributed by atoms with Crippen molar-refractivity contribution in [2.24, 2.45) is 5.92 Å². The number of oxazole rings is 1. The Balaban J connectivity index is 1.68. The minimum Gasteiger partial charge on any atom is -0.441 e. The van der Waals surface area contributed by atoms with Gasteiger partial charge >= 0.3 is 0 Å². The van der Waals surface area contributed by atoms with Crippen molar-refractivity contribution in [2.45, 2.75) is 40.2 Å². The highest BCUT2D eigenvalue weighted by atomic mass is 35.5. The smallest absolute Gasteiger partial charge is 0.226 e. The van der Waals surface area contributed by atoms with Gasteiger partial charge in [-0.05, 0) is 64.4 Å². The quantitative estimate of drug-likeness (QED) is 0.735. The lowest BCUT2D eigenvalue weighted by Gasteiger charge is -2.34. The van der Waals surface area contributed by atoms with Crippen molar-refractivity contribution in [2.75, 3.05) is 26.2 Å². The van der Waals surface area contributed by atoms with Crippen molar-refractivity contribution in [3.05, 3.63) is 40.7 Å². The van der Waals surface area contributed by atoms with E-state index >= 15 is 0 Å². The summed E-state index contributed by atoms with van der Waals surface area (Å²) in [6.07, 6.45) is 2.01. The molecule has 0 N–H and O–H groups in total. The van der Waals surface area contributed by atoms with E-state index in [9.17, 15) is 4.79 Å². The van der Waals surface area contributed by atoms with E-state index < -0.39 is 0 Å². The third-order valence-corrected chi connectivity index (χ3v) is 5.54. The van der Waals surface area contributed by atoms with Gasteiger partial charge in [0, 0.05) is 36.8 Å². The molecule has 146 valence electrons. The summed E-state index contributed by atoms with van der Waals surface area (Å²) in [5.41, 5.74) is 1.86. The minimum absolute atomic E-state index is 0.0848. The number of rotatable bonds is 6. The molecular weight excluding hydrogens is 362 g/mol. The lowest BCUT2D eigenvalue weighted by atomic mass is 9.96. The first kappa shape index (κ1) is 19.9. The van der Waals surface area contributed by atoms with E-state index in [2.05, 4.69) is 4.90 Å². The second-order valence-electron chi connectivity index (χ2n) is 7.11. The number of hydrogen-bond acceptors (Lipinski definition) is 4. The molecular formula is C21H28ClN3O2. The SMILES string of the molecule is CCN(CC)C(=O)[C@@H]1CCCN(Cc2nc(-c3ccc(Cl)cc3)oc2C)C1. The van der Waals surface area contributed by atoms with Gasteiger partial charge in [0.15, 0.2) is 0 Å². The van der Waals surface area contributed by atoms with E-state index in [0.29, 0.717) is 17.5 Å². The van der Waals surface area contributed by atoms with Crippen LogP contribution in [0, 0.1) is 12.8 Å². The number of amides is 1. The molecule has 1 amide bonds. The zero-order valence-corrected chi connectivity index (χ0v) is 17.1. The Morgan fingerprint density at radius 1 is 1.30 bits per heavy atom. The summed E-state index contributed by atoms with van der Waals surface area (Å²) in [6.45, 7) is 10.1. The number of aromatic nitrogens is 1. The number of likely N-dealkylation sites (tertiary alicyclic amines) is 1. The summed E-state index contributed by atoms with van der Waals surface area (Å²) in [5.74, 6) is 1.81. The Bertz CT molecular complexity index is 768. The molecule has 1 aliphatic rings. The minimum atomic E-state index is 0.0848. The Morgan fingerprint density at radius 3 is 2.67 bits per heavy atom. The number of carbonyl (C=O) groups is 1.